The lowest BCUT2D eigenvalue weighted by Crippen LogP contribution is -2.30. The van der Waals surface area contributed by atoms with Crippen molar-refractivity contribution >= 4 is 23.2 Å². The van der Waals surface area contributed by atoms with Crippen LogP contribution in [0.15, 0.2) is 46.1 Å². The van der Waals surface area contributed by atoms with E-state index in [0.29, 0.717) is 6.42 Å². The fourth-order valence-electron chi connectivity index (χ4n) is 3.63. The number of carbonyl (C=O) groups excluding carboxylic acids is 1. The number of rotatable bonds is 2. The molecule has 1 atom stereocenters. The van der Waals surface area contributed by atoms with Crippen LogP contribution in [0, 0.1) is 10.1 Å². The van der Waals surface area contributed by atoms with Gasteiger partial charge in [0, 0.05) is 52.1 Å². The van der Waals surface area contributed by atoms with Gasteiger partial charge in [-0.2, -0.15) is 0 Å². The molecule has 0 radical (unpaired) electrons. The Morgan fingerprint density at radius 2 is 2.09 bits per heavy atom. The Labute approximate surface area is 138 Å². The van der Waals surface area contributed by atoms with Crippen LogP contribution in [0.1, 0.15) is 37.2 Å². The number of ketones is 1. The molecule has 3 aliphatic rings. The van der Waals surface area contributed by atoms with E-state index in [0.717, 1.165) is 41.8 Å². The van der Waals surface area contributed by atoms with Crippen LogP contribution in [-0.4, -0.2) is 16.5 Å². The zero-order chi connectivity index (χ0) is 16.0. The molecule has 1 aliphatic carbocycles. The number of dihydropyridines is 1. The molecule has 5 nitrogen and oxygen atoms in total. The molecule has 2 heterocycles. The van der Waals surface area contributed by atoms with Crippen LogP contribution in [0.4, 0.5) is 5.69 Å². The summed E-state index contributed by atoms with van der Waals surface area (Å²) >= 11 is 1.76. The van der Waals surface area contributed by atoms with Gasteiger partial charge in [-0.3, -0.25) is 14.9 Å². The van der Waals surface area contributed by atoms with Crippen molar-refractivity contribution in [2.45, 2.75) is 31.6 Å². The van der Waals surface area contributed by atoms with Gasteiger partial charge >= 0.3 is 0 Å². The standard InChI is InChI=1S/C17H16N2O3S/c20-14-6-2-5-12-16(14)15(17-13(18-12)7-8-23-17)10-3-1-4-11(9-10)19(21)22/h1,3-4,9,15,18H,2,5-8H2. The third-order valence-electron chi connectivity index (χ3n) is 4.63. The first-order valence-corrected chi connectivity index (χ1v) is 8.77. The average Bonchev–Trinajstić information content (AvgIpc) is 3.01. The highest BCUT2D eigenvalue weighted by Gasteiger charge is 2.38. The predicted octanol–water partition coefficient (Wildman–Crippen LogP) is 3.64. The van der Waals surface area contributed by atoms with Crippen LogP contribution in [-0.2, 0) is 4.79 Å². The molecule has 1 aromatic carbocycles. The molecular formula is C17H16N2O3S. The van der Waals surface area contributed by atoms with E-state index in [4.69, 9.17) is 0 Å². The minimum atomic E-state index is -0.375. The molecule has 0 spiro atoms. The topological polar surface area (TPSA) is 72.2 Å². The first-order chi connectivity index (χ1) is 11.1. The maximum atomic E-state index is 12.6. The number of hydrogen-bond acceptors (Lipinski definition) is 5. The molecule has 118 valence electrons. The SMILES string of the molecule is O=C1CCCC2=C1C(c1cccc([N+](=O)[O-])c1)C1=C(CCS1)N2. The van der Waals surface area contributed by atoms with Crippen molar-refractivity contribution in [2.24, 2.45) is 0 Å². The van der Waals surface area contributed by atoms with Crippen LogP contribution in [0.5, 0.6) is 0 Å². The van der Waals surface area contributed by atoms with E-state index in [9.17, 15) is 14.9 Å². The van der Waals surface area contributed by atoms with Crippen LogP contribution >= 0.6 is 11.8 Å². The van der Waals surface area contributed by atoms with Crippen LogP contribution in [0.2, 0.25) is 0 Å². The maximum Gasteiger partial charge on any atom is 0.269 e. The first-order valence-electron chi connectivity index (χ1n) is 7.78. The molecule has 2 aliphatic heterocycles. The first kappa shape index (κ1) is 14.5. The Balaban J connectivity index is 1.86. The fraction of sp³-hybridized carbons (Fsp3) is 0.353. The summed E-state index contributed by atoms with van der Waals surface area (Å²) in [5.74, 6) is 1.04. The van der Waals surface area contributed by atoms with Crippen molar-refractivity contribution in [3.8, 4) is 0 Å². The van der Waals surface area contributed by atoms with E-state index in [1.54, 1.807) is 23.9 Å². The van der Waals surface area contributed by atoms with Gasteiger partial charge in [0.2, 0.25) is 0 Å². The Morgan fingerprint density at radius 1 is 1.22 bits per heavy atom. The van der Waals surface area contributed by atoms with Gasteiger partial charge in [0.05, 0.1) is 4.92 Å². The lowest BCUT2D eigenvalue weighted by Gasteiger charge is -2.33. The molecular weight excluding hydrogens is 312 g/mol. The molecule has 0 saturated carbocycles. The number of nitrogens with zero attached hydrogens (tertiary/aromatic N) is 1. The fourth-order valence-corrected chi connectivity index (χ4v) is 4.91. The van der Waals surface area contributed by atoms with E-state index >= 15 is 0 Å². The molecule has 0 bridgehead atoms. The van der Waals surface area contributed by atoms with E-state index in [1.807, 2.05) is 6.07 Å². The molecule has 0 amide bonds. The summed E-state index contributed by atoms with van der Waals surface area (Å²) in [6.45, 7) is 0. The van der Waals surface area contributed by atoms with Crippen LogP contribution < -0.4 is 5.32 Å². The van der Waals surface area contributed by atoms with Gasteiger partial charge in [-0.15, -0.1) is 11.8 Å². The maximum absolute atomic E-state index is 12.6. The van der Waals surface area contributed by atoms with Crippen molar-refractivity contribution < 1.29 is 9.72 Å². The minimum Gasteiger partial charge on any atom is -0.361 e. The van der Waals surface area contributed by atoms with Crippen LogP contribution in [0.25, 0.3) is 0 Å². The molecule has 6 heteroatoms. The largest absolute Gasteiger partial charge is 0.361 e. The Morgan fingerprint density at radius 3 is 2.91 bits per heavy atom. The van der Waals surface area contributed by atoms with Gasteiger partial charge in [0.1, 0.15) is 0 Å². The van der Waals surface area contributed by atoms with E-state index < -0.39 is 0 Å². The van der Waals surface area contributed by atoms with Gasteiger partial charge < -0.3 is 5.32 Å². The van der Waals surface area contributed by atoms with Crippen molar-refractivity contribution in [2.75, 3.05) is 5.75 Å². The smallest absolute Gasteiger partial charge is 0.269 e. The third kappa shape index (κ3) is 2.37. The Hall–Kier alpha value is -2.08. The monoisotopic (exact) mass is 328 g/mol. The summed E-state index contributed by atoms with van der Waals surface area (Å²) in [6.07, 6.45) is 3.30. The Bertz CT molecular complexity index is 782. The number of thioether (sulfide) groups is 1. The molecule has 23 heavy (non-hydrogen) atoms. The van der Waals surface area contributed by atoms with Crippen molar-refractivity contribution in [1.29, 1.82) is 0 Å². The summed E-state index contributed by atoms with van der Waals surface area (Å²) in [6, 6.07) is 6.73. The van der Waals surface area contributed by atoms with E-state index in [1.165, 1.54) is 16.7 Å². The summed E-state index contributed by atoms with van der Waals surface area (Å²) in [5, 5.41) is 14.6. The molecule has 1 aromatic rings. The zero-order valence-electron chi connectivity index (χ0n) is 12.5. The second-order valence-corrected chi connectivity index (χ2v) is 7.16. The lowest BCUT2D eigenvalue weighted by molar-refractivity contribution is -0.384. The lowest BCUT2D eigenvalue weighted by atomic mass is 9.79. The number of nitro benzene ring substituents is 1. The molecule has 1 N–H and O–H groups in total. The van der Waals surface area contributed by atoms with Gasteiger partial charge in [-0.25, -0.2) is 0 Å². The zero-order valence-corrected chi connectivity index (χ0v) is 13.3. The number of nitrogens with one attached hydrogen (secondary N) is 1. The number of allylic oxidation sites excluding steroid dienone is 4. The molecule has 0 aromatic heterocycles. The number of hydrogen-bond donors (Lipinski definition) is 1. The van der Waals surface area contributed by atoms with Crippen molar-refractivity contribution in [3.05, 3.63) is 61.8 Å². The summed E-state index contributed by atoms with van der Waals surface area (Å²) in [7, 11) is 0. The second kappa shape index (κ2) is 5.53. The number of carbonyl (C=O) groups is 1. The highest BCUT2D eigenvalue weighted by atomic mass is 32.2. The minimum absolute atomic E-state index is 0.0802. The normalized spacial score (nSPS) is 23.5. The molecule has 0 fully saturated rings. The van der Waals surface area contributed by atoms with Crippen molar-refractivity contribution in [1.82, 2.24) is 5.32 Å². The van der Waals surface area contributed by atoms with Gasteiger partial charge in [-0.05, 0) is 24.8 Å². The predicted molar refractivity (Wildman–Crippen MR) is 89.0 cm³/mol. The molecule has 4 rings (SSSR count). The van der Waals surface area contributed by atoms with Crippen LogP contribution in [0.3, 0.4) is 0 Å². The van der Waals surface area contributed by atoms with Gasteiger partial charge in [-0.1, -0.05) is 12.1 Å². The molecule has 1 unspecified atom stereocenters. The number of non-ortho nitro benzene ring substituents is 1. The number of nitro groups is 1. The molecule has 0 saturated heterocycles. The average molecular weight is 328 g/mol. The highest BCUT2D eigenvalue weighted by molar-refractivity contribution is 8.03. The summed E-state index contributed by atoms with van der Waals surface area (Å²) < 4.78 is 0. The van der Waals surface area contributed by atoms with E-state index in [-0.39, 0.29) is 22.3 Å². The number of benzene rings is 1. The quantitative estimate of drug-likeness (QED) is 0.663. The van der Waals surface area contributed by atoms with Gasteiger partial charge in [0.25, 0.3) is 5.69 Å². The summed E-state index contributed by atoms with van der Waals surface area (Å²) in [4.78, 5) is 24.5. The van der Waals surface area contributed by atoms with E-state index in [2.05, 4.69) is 5.32 Å². The van der Waals surface area contributed by atoms with Crippen molar-refractivity contribution in [3.63, 3.8) is 0 Å². The number of Topliss-reactive ketones (excluding diaryl/α,β-unsaturated/α-hetero) is 1. The van der Waals surface area contributed by atoms with Gasteiger partial charge in [0.15, 0.2) is 5.78 Å². The Kier molecular flexibility index (Phi) is 3.49. The second-order valence-electron chi connectivity index (χ2n) is 6.02. The third-order valence-corrected chi connectivity index (χ3v) is 5.83. The summed E-state index contributed by atoms with van der Waals surface area (Å²) in [5.41, 5.74) is 3.98. The highest BCUT2D eigenvalue weighted by Crippen LogP contribution is 2.50.